The highest BCUT2D eigenvalue weighted by Crippen LogP contribution is 2.25. The van der Waals surface area contributed by atoms with Crippen LogP contribution < -0.4 is 9.62 Å². The summed E-state index contributed by atoms with van der Waals surface area (Å²) in [5.41, 5.74) is 3.72. The summed E-state index contributed by atoms with van der Waals surface area (Å²) in [6, 6.07) is 9.65. The van der Waals surface area contributed by atoms with Crippen LogP contribution in [0.1, 0.15) is 23.6 Å². The minimum Gasteiger partial charge on any atom is -0.324 e. The molecule has 0 fully saturated rings. The van der Waals surface area contributed by atoms with E-state index in [-0.39, 0.29) is 0 Å². The molecule has 0 aliphatic heterocycles. The molecule has 7 heteroatoms. The van der Waals surface area contributed by atoms with Gasteiger partial charge >= 0.3 is 0 Å². The van der Waals surface area contributed by atoms with Gasteiger partial charge in [-0.25, -0.2) is 8.42 Å². The Morgan fingerprint density at radius 2 is 1.65 bits per heavy atom. The number of nitrogens with zero attached hydrogens (tertiary/aromatic N) is 1. The molecule has 2 aromatic carbocycles. The van der Waals surface area contributed by atoms with Gasteiger partial charge in [-0.1, -0.05) is 17.7 Å². The lowest BCUT2D eigenvalue weighted by Gasteiger charge is -2.29. The second-order valence-corrected chi connectivity index (χ2v) is 8.83. The van der Waals surface area contributed by atoms with Gasteiger partial charge in [-0.3, -0.25) is 9.10 Å². The largest absolute Gasteiger partial charge is 0.324 e. The Balaban J connectivity index is 2.37. The van der Waals surface area contributed by atoms with Crippen LogP contribution in [-0.4, -0.2) is 26.6 Å². The molecule has 1 atom stereocenters. The average molecular weight is 395 g/mol. The normalized spacial score (nSPS) is 12.5. The predicted octanol–water partition coefficient (Wildman–Crippen LogP) is 4.06. The molecule has 0 spiro atoms. The van der Waals surface area contributed by atoms with Gasteiger partial charge in [-0.05, 0) is 74.7 Å². The van der Waals surface area contributed by atoms with Crippen molar-refractivity contribution in [1.29, 1.82) is 0 Å². The number of anilines is 2. The Bertz CT molecular complexity index is 922. The molecule has 0 aliphatic rings. The van der Waals surface area contributed by atoms with Crippen LogP contribution in [0.25, 0.3) is 0 Å². The second-order valence-electron chi connectivity index (χ2n) is 6.53. The van der Waals surface area contributed by atoms with Crippen LogP contribution in [-0.2, 0) is 14.8 Å². The van der Waals surface area contributed by atoms with Gasteiger partial charge in [0, 0.05) is 10.7 Å². The van der Waals surface area contributed by atoms with Gasteiger partial charge in [0.1, 0.15) is 6.04 Å². The van der Waals surface area contributed by atoms with Gasteiger partial charge in [-0.2, -0.15) is 0 Å². The third kappa shape index (κ3) is 4.77. The van der Waals surface area contributed by atoms with Gasteiger partial charge in [0.25, 0.3) is 0 Å². The van der Waals surface area contributed by atoms with Crippen molar-refractivity contribution < 1.29 is 13.2 Å². The third-order valence-electron chi connectivity index (χ3n) is 4.00. The fourth-order valence-electron chi connectivity index (χ4n) is 2.89. The number of amides is 1. The summed E-state index contributed by atoms with van der Waals surface area (Å²) in [4.78, 5) is 12.7. The molecule has 0 aliphatic carbocycles. The van der Waals surface area contributed by atoms with E-state index in [0.29, 0.717) is 16.4 Å². The predicted molar refractivity (Wildman–Crippen MR) is 108 cm³/mol. The Kier molecular flexibility index (Phi) is 5.98. The van der Waals surface area contributed by atoms with Crippen molar-refractivity contribution in [3.8, 4) is 0 Å². The lowest BCUT2D eigenvalue weighted by molar-refractivity contribution is -0.116. The Labute approximate surface area is 160 Å². The number of rotatable bonds is 5. The van der Waals surface area contributed by atoms with Gasteiger partial charge in [-0.15, -0.1) is 0 Å². The van der Waals surface area contributed by atoms with Crippen LogP contribution in [0.5, 0.6) is 0 Å². The lowest BCUT2D eigenvalue weighted by Crippen LogP contribution is -2.45. The highest BCUT2D eigenvalue weighted by molar-refractivity contribution is 7.92. The zero-order valence-electron chi connectivity index (χ0n) is 15.5. The molecular formula is C19H23ClN2O3S. The number of nitrogens with one attached hydrogen (secondary N) is 1. The number of hydrogen-bond donors (Lipinski definition) is 1. The quantitative estimate of drug-likeness (QED) is 0.831. The molecule has 1 N–H and O–H groups in total. The first-order valence-corrected chi connectivity index (χ1v) is 10.4. The number of aryl methyl sites for hydroxylation is 3. The van der Waals surface area contributed by atoms with Crippen molar-refractivity contribution in [1.82, 2.24) is 0 Å². The van der Waals surface area contributed by atoms with Crippen molar-refractivity contribution >= 4 is 38.9 Å². The van der Waals surface area contributed by atoms with Crippen molar-refractivity contribution in [2.45, 2.75) is 33.7 Å². The zero-order valence-corrected chi connectivity index (χ0v) is 17.1. The topological polar surface area (TPSA) is 66.5 Å². The van der Waals surface area contributed by atoms with Gasteiger partial charge < -0.3 is 5.32 Å². The van der Waals surface area contributed by atoms with Crippen LogP contribution in [0.2, 0.25) is 5.02 Å². The molecule has 0 saturated carbocycles. The van der Waals surface area contributed by atoms with Crippen LogP contribution in [0.15, 0.2) is 36.4 Å². The fourth-order valence-corrected chi connectivity index (χ4v) is 4.28. The maximum atomic E-state index is 12.7. The molecule has 0 saturated heterocycles. The molecule has 0 radical (unpaired) electrons. The summed E-state index contributed by atoms with van der Waals surface area (Å²) >= 11 is 5.94. The van der Waals surface area contributed by atoms with E-state index in [1.807, 2.05) is 26.8 Å². The summed E-state index contributed by atoms with van der Waals surface area (Å²) < 4.78 is 25.9. The maximum absolute atomic E-state index is 12.7. The molecule has 26 heavy (non-hydrogen) atoms. The van der Waals surface area contributed by atoms with E-state index in [1.54, 1.807) is 37.3 Å². The van der Waals surface area contributed by atoms with E-state index in [0.717, 1.165) is 27.3 Å². The summed E-state index contributed by atoms with van der Waals surface area (Å²) in [5, 5.41) is 3.36. The monoisotopic (exact) mass is 394 g/mol. The van der Waals surface area contributed by atoms with E-state index >= 15 is 0 Å². The number of carbonyl (C=O) groups is 1. The van der Waals surface area contributed by atoms with E-state index in [9.17, 15) is 13.2 Å². The Morgan fingerprint density at radius 3 is 2.15 bits per heavy atom. The summed E-state index contributed by atoms with van der Waals surface area (Å²) in [6.07, 6.45) is 1.10. The highest BCUT2D eigenvalue weighted by Gasteiger charge is 2.29. The number of halogens is 1. The zero-order chi connectivity index (χ0) is 19.6. The van der Waals surface area contributed by atoms with Crippen molar-refractivity contribution in [3.63, 3.8) is 0 Å². The minimum atomic E-state index is -3.65. The van der Waals surface area contributed by atoms with Crippen LogP contribution >= 0.6 is 11.6 Å². The van der Waals surface area contributed by atoms with Gasteiger partial charge in [0.05, 0.1) is 11.9 Å². The molecule has 0 aromatic heterocycles. The molecule has 2 rings (SSSR count). The summed E-state index contributed by atoms with van der Waals surface area (Å²) in [6.45, 7) is 7.17. The number of benzene rings is 2. The van der Waals surface area contributed by atoms with E-state index < -0.39 is 22.0 Å². The van der Waals surface area contributed by atoms with Gasteiger partial charge in [0.15, 0.2) is 0 Å². The first-order valence-electron chi connectivity index (χ1n) is 8.14. The second kappa shape index (κ2) is 7.68. The molecule has 0 heterocycles. The first kappa shape index (κ1) is 20.3. The fraction of sp³-hybridized carbons (Fsp3) is 0.316. The van der Waals surface area contributed by atoms with Crippen molar-refractivity contribution in [3.05, 3.63) is 58.1 Å². The van der Waals surface area contributed by atoms with E-state index in [4.69, 9.17) is 11.6 Å². The Morgan fingerprint density at radius 1 is 1.08 bits per heavy atom. The van der Waals surface area contributed by atoms with Gasteiger partial charge in [0.2, 0.25) is 15.9 Å². The molecule has 2 aromatic rings. The number of carbonyl (C=O) groups excluding carboxylic acids is 1. The summed E-state index contributed by atoms with van der Waals surface area (Å²) in [7, 11) is -3.65. The summed E-state index contributed by atoms with van der Waals surface area (Å²) in [5.74, 6) is -0.417. The molecule has 5 nitrogen and oxygen atoms in total. The standard InChI is InChI=1S/C19H23ClN2O3S/c1-12-8-13(2)10-17(9-12)22(26(5,24)25)15(4)19(23)21-18-7-6-16(20)11-14(18)3/h6-11,15H,1-5H3,(H,21,23)/t15-/m0/s1. The van der Waals surface area contributed by atoms with Crippen molar-refractivity contribution in [2.24, 2.45) is 0 Å². The molecular weight excluding hydrogens is 372 g/mol. The smallest absolute Gasteiger partial charge is 0.248 e. The number of sulfonamides is 1. The highest BCUT2D eigenvalue weighted by atomic mass is 35.5. The first-order chi connectivity index (χ1) is 12.0. The average Bonchev–Trinajstić information content (AvgIpc) is 2.47. The van der Waals surface area contributed by atoms with Crippen LogP contribution in [0, 0.1) is 20.8 Å². The van der Waals surface area contributed by atoms with Crippen LogP contribution in [0.3, 0.4) is 0 Å². The molecule has 140 valence electrons. The molecule has 0 unspecified atom stereocenters. The van der Waals surface area contributed by atoms with Crippen molar-refractivity contribution in [2.75, 3.05) is 15.9 Å². The van der Waals surface area contributed by atoms with E-state index in [1.165, 1.54) is 0 Å². The SMILES string of the molecule is Cc1cc(C)cc(N([C@@H](C)C(=O)Nc2ccc(Cl)cc2C)S(C)(=O)=O)c1. The molecule has 1 amide bonds. The van der Waals surface area contributed by atoms with Crippen LogP contribution in [0.4, 0.5) is 11.4 Å². The Hall–Kier alpha value is -2.05. The van der Waals surface area contributed by atoms with E-state index in [2.05, 4.69) is 5.32 Å². The minimum absolute atomic E-state index is 0.417. The third-order valence-corrected chi connectivity index (χ3v) is 5.47. The molecule has 0 bridgehead atoms. The lowest BCUT2D eigenvalue weighted by atomic mass is 10.1. The number of hydrogen-bond acceptors (Lipinski definition) is 3. The maximum Gasteiger partial charge on any atom is 0.248 e.